The minimum atomic E-state index is -4.59. The number of anilines is 1. The van der Waals surface area contributed by atoms with E-state index in [0.717, 1.165) is 6.07 Å². The lowest BCUT2D eigenvalue weighted by Gasteiger charge is -2.36. The normalized spacial score (nSPS) is 14.2. The summed E-state index contributed by atoms with van der Waals surface area (Å²) < 4.78 is 42.6. The molecule has 3 aromatic heterocycles. The summed E-state index contributed by atoms with van der Waals surface area (Å²) in [4.78, 5) is 22.7. The van der Waals surface area contributed by atoms with Crippen molar-refractivity contribution in [2.45, 2.75) is 18.8 Å². The highest BCUT2D eigenvalue weighted by Gasteiger charge is 2.35. The zero-order valence-corrected chi connectivity index (χ0v) is 18.7. The van der Waals surface area contributed by atoms with Gasteiger partial charge in [0.1, 0.15) is 5.69 Å². The van der Waals surface area contributed by atoms with Crippen LogP contribution in [0.2, 0.25) is 0 Å². The van der Waals surface area contributed by atoms with Crippen LogP contribution < -0.4 is 5.32 Å². The van der Waals surface area contributed by atoms with Gasteiger partial charge in [-0.3, -0.25) is 14.7 Å². The van der Waals surface area contributed by atoms with Gasteiger partial charge in [0.2, 0.25) is 0 Å². The number of likely N-dealkylation sites (tertiary alicyclic amines) is 1. The number of alkyl halides is 3. The van der Waals surface area contributed by atoms with Crippen molar-refractivity contribution in [2.24, 2.45) is 0 Å². The van der Waals surface area contributed by atoms with Crippen molar-refractivity contribution < 1.29 is 23.1 Å². The Labute approximate surface area is 203 Å². The SMILES string of the molecule is O=C(Nc1ccc(CN2CC(O)C2)c(C(F)(F)F)c1)c1cncc(C#Cc2cnc3cccnn23)c1. The molecule has 0 saturated carbocycles. The van der Waals surface area contributed by atoms with Gasteiger partial charge in [0.05, 0.1) is 23.4 Å². The molecule has 0 radical (unpaired) electrons. The number of aliphatic hydroxyl groups excluding tert-OH is 1. The first-order chi connectivity index (χ1) is 17.3. The van der Waals surface area contributed by atoms with Gasteiger partial charge in [-0.2, -0.15) is 18.3 Å². The van der Waals surface area contributed by atoms with Crippen LogP contribution in [0, 0.1) is 11.8 Å². The van der Waals surface area contributed by atoms with Crippen LogP contribution in [0.3, 0.4) is 0 Å². The van der Waals surface area contributed by atoms with Crippen molar-refractivity contribution in [3.8, 4) is 11.8 Å². The fourth-order valence-electron chi connectivity index (χ4n) is 3.86. The van der Waals surface area contributed by atoms with Crippen molar-refractivity contribution in [1.82, 2.24) is 24.5 Å². The number of aliphatic hydroxyl groups is 1. The third-order valence-electron chi connectivity index (χ3n) is 5.62. The van der Waals surface area contributed by atoms with Crippen LogP contribution in [-0.2, 0) is 12.7 Å². The average molecular weight is 492 g/mol. The maximum absolute atomic E-state index is 13.7. The summed E-state index contributed by atoms with van der Waals surface area (Å²) in [7, 11) is 0. The van der Waals surface area contributed by atoms with Gasteiger partial charge in [0.25, 0.3) is 5.91 Å². The first kappa shape index (κ1) is 23.5. The number of nitrogens with zero attached hydrogens (tertiary/aromatic N) is 5. The minimum absolute atomic E-state index is 0.00742. The van der Waals surface area contributed by atoms with Crippen LogP contribution in [0.15, 0.2) is 61.2 Å². The lowest BCUT2D eigenvalue weighted by molar-refractivity contribution is -0.138. The second-order valence-electron chi connectivity index (χ2n) is 8.32. The quantitative estimate of drug-likeness (QED) is 0.426. The Morgan fingerprint density at radius 1 is 1.14 bits per heavy atom. The molecule has 1 saturated heterocycles. The van der Waals surface area contributed by atoms with Crippen LogP contribution in [0.4, 0.5) is 18.9 Å². The summed E-state index contributed by atoms with van der Waals surface area (Å²) in [5.41, 5.74) is 1.02. The lowest BCUT2D eigenvalue weighted by Crippen LogP contribution is -2.50. The number of β-amino-alcohol motifs (C(OH)–C–C–N with tert-alkyl or cyclic N) is 1. The van der Waals surface area contributed by atoms with Gasteiger partial charge >= 0.3 is 6.18 Å². The first-order valence-electron chi connectivity index (χ1n) is 10.9. The summed E-state index contributed by atoms with van der Waals surface area (Å²) in [6, 6.07) is 8.73. The molecule has 5 rings (SSSR count). The van der Waals surface area contributed by atoms with Crippen molar-refractivity contribution in [3.63, 3.8) is 0 Å². The van der Waals surface area contributed by atoms with Crippen LogP contribution in [0.1, 0.15) is 32.7 Å². The molecule has 4 heterocycles. The highest BCUT2D eigenvalue weighted by Crippen LogP contribution is 2.35. The number of aromatic nitrogens is 4. The summed E-state index contributed by atoms with van der Waals surface area (Å²) in [6.45, 7) is 0.721. The van der Waals surface area contributed by atoms with Gasteiger partial charge in [-0.1, -0.05) is 12.0 Å². The molecule has 0 atom stereocenters. The third-order valence-corrected chi connectivity index (χ3v) is 5.62. The van der Waals surface area contributed by atoms with Gasteiger partial charge in [-0.15, -0.1) is 0 Å². The summed E-state index contributed by atoms with van der Waals surface area (Å²) in [6.07, 6.45) is 0.865. The largest absolute Gasteiger partial charge is 0.416 e. The van der Waals surface area contributed by atoms with Crippen molar-refractivity contribution in [2.75, 3.05) is 18.4 Å². The second kappa shape index (κ2) is 9.41. The maximum Gasteiger partial charge on any atom is 0.416 e. The van der Waals surface area contributed by atoms with Gasteiger partial charge in [0.15, 0.2) is 5.65 Å². The van der Waals surface area contributed by atoms with E-state index < -0.39 is 23.8 Å². The molecule has 0 aliphatic carbocycles. The lowest BCUT2D eigenvalue weighted by atomic mass is 10.0. The predicted octanol–water partition coefficient (Wildman–Crippen LogP) is 2.97. The van der Waals surface area contributed by atoms with Crippen molar-refractivity contribution in [3.05, 3.63) is 89.1 Å². The number of nitrogens with one attached hydrogen (secondary N) is 1. The second-order valence-corrected chi connectivity index (χ2v) is 8.32. The Kier molecular flexibility index (Phi) is 6.13. The summed E-state index contributed by atoms with van der Waals surface area (Å²) in [5.74, 6) is 5.22. The molecule has 182 valence electrons. The molecule has 0 spiro atoms. The Morgan fingerprint density at radius 2 is 1.97 bits per heavy atom. The maximum atomic E-state index is 13.7. The van der Waals surface area contributed by atoms with E-state index >= 15 is 0 Å². The Bertz CT molecular complexity index is 1500. The number of rotatable bonds is 4. The molecule has 36 heavy (non-hydrogen) atoms. The van der Waals surface area contributed by atoms with Gasteiger partial charge in [-0.25, -0.2) is 9.50 Å². The van der Waals surface area contributed by atoms with E-state index in [0.29, 0.717) is 30.0 Å². The number of benzene rings is 1. The molecule has 0 unspecified atom stereocenters. The molecule has 1 aromatic carbocycles. The average Bonchev–Trinajstić information content (AvgIpc) is 3.25. The number of amides is 1. The van der Waals surface area contributed by atoms with Crippen LogP contribution >= 0.6 is 0 Å². The van der Waals surface area contributed by atoms with Crippen molar-refractivity contribution >= 4 is 17.2 Å². The molecule has 0 bridgehead atoms. The number of hydrogen-bond acceptors (Lipinski definition) is 6. The fourth-order valence-corrected chi connectivity index (χ4v) is 3.86. The number of halogens is 3. The molecular weight excluding hydrogens is 473 g/mol. The van der Waals surface area contributed by atoms with E-state index in [1.54, 1.807) is 33.9 Å². The number of carbonyl (C=O) groups is 1. The molecule has 4 aromatic rings. The van der Waals surface area contributed by atoms with Crippen LogP contribution in [-0.4, -0.2) is 54.7 Å². The third kappa shape index (κ3) is 5.05. The zero-order chi connectivity index (χ0) is 25.3. The fraction of sp³-hybridized carbons (Fsp3) is 0.200. The molecule has 1 aliphatic heterocycles. The predicted molar refractivity (Wildman–Crippen MR) is 124 cm³/mol. The smallest absolute Gasteiger partial charge is 0.390 e. The number of imidazole rings is 1. The van der Waals surface area contributed by atoms with E-state index in [1.165, 1.54) is 30.6 Å². The highest BCUT2D eigenvalue weighted by atomic mass is 19.4. The summed E-state index contributed by atoms with van der Waals surface area (Å²) in [5, 5.41) is 16.1. The van der Waals surface area contributed by atoms with Gasteiger partial charge in [-0.05, 0) is 41.8 Å². The Morgan fingerprint density at radius 3 is 2.75 bits per heavy atom. The molecule has 1 amide bonds. The topological polar surface area (TPSA) is 95.7 Å². The Hall–Kier alpha value is -4.27. The van der Waals surface area contributed by atoms with Gasteiger partial charge in [0, 0.05) is 49.5 Å². The number of hydrogen-bond donors (Lipinski definition) is 2. The molecular formula is C25H19F3N6O2. The van der Waals surface area contributed by atoms with Crippen molar-refractivity contribution in [1.29, 1.82) is 0 Å². The zero-order valence-electron chi connectivity index (χ0n) is 18.7. The molecule has 1 aliphatic rings. The number of fused-ring (bicyclic) bond motifs is 1. The Balaban J connectivity index is 1.33. The minimum Gasteiger partial charge on any atom is -0.390 e. The highest BCUT2D eigenvalue weighted by molar-refractivity contribution is 6.04. The van der Waals surface area contributed by atoms with Crippen LogP contribution in [0.25, 0.3) is 5.65 Å². The first-order valence-corrected chi connectivity index (χ1v) is 10.9. The molecule has 2 N–H and O–H groups in total. The van der Waals surface area contributed by atoms with E-state index in [1.807, 2.05) is 0 Å². The van der Waals surface area contributed by atoms with E-state index in [2.05, 4.69) is 32.2 Å². The van der Waals surface area contributed by atoms with E-state index in [9.17, 15) is 23.1 Å². The number of pyridine rings is 1. The standard InChI is InChI=1S/C25H19F3N6O2/c26-25(27,28)22-9-19(5-4-17(22)13-33-14-21(35)15-33)32-24(36)18-8-16(10-29-11-18)3-6-20-12-30-23-2-1-7-31-34(20)23/h1-2,4-5,7-12,21,35H,13-15H2,(H,32,36). The van der Waals surface area contributed by atoms with E-state index in [-0.39, 0.29) is 23.4 Å². The van der Waals surface area contributed by atoms with E-state index in [4.69, 9.17) is 0 Å². The molecule has 1 fully saturated rings. The monoisotopic (exact) mass is 492 g/mol. The molecule has 11 heteroatoms. The van der Waals surface area contributed by atoms with Gasteiger partial charge < -0.3 is 10.4 Å². The van der Waals surface area contributed by atoms with Crippen LogP contribution in [0.5, 0.6) is 0 Å². The molecule has 8 nitrogen and oxygen atoms in total. The number of carbonyl (C=O) groups excluding carboxylic acids is 1. The summed E-state index contributed by atoms with van der Waals surface area (Å²) >= 11 is 0.